The highest BCUT2D eigenvalue weighted by atomic mass is 35.5. The number of hydrogen-bond donors (Lipinski definition) is 1. The molecule has 0 fully saturated rings. The fourth-order valence-electron chi connectivity index (χ4n) is 4.53. The van der Waals surface area contributed by atoms with Crippen molar-refractivity contribution in [1.29, 1.82) is 5.26 Å². The smallest absolute Gasteiger partial charge is 0.417 e. The summed E-state index contributed by atoms with van der Waals surface area (Å²) in [6, 6.07) is 17.7. The van der Waals surface area contributed by atoms with Gasteiger partial charge in [0.15, 0.2) is 5.78 Å². The number of carbonyl (C=O) groups excluding carboxylic acids is 2. The average molecular weight is 594 g/mol. The third-order valence-electron chi connectivity index (χ3n) is 6.54. The summed E-state index contributed by atoms with van der Waals surface area (Å²) < 4.78 is 47.3. The van der Waals surface area contributed by atoms with Crippen molar-refractivity contribution in [1.82, 2.24) is 4.57 Å². The number of carbonyl (C=O) groups is 2. The van der Waals surface area contributed by atoms with Crippen LogP contribution in [-0.4, -0.2) is 23.4 Å². The molecule has 0 aliphatic heterocycles. The summed E-state index contributed by atoms with van der Waals surface area (Å²) in [7, 11) is 1.35. The van der Waals surface area contributed by atoms with Crippen molar-refractivity contribution in [3.63, 3.8) is 0 Å². The summed E-state index contributed by atoms with van der Waals surface area (Å²) in [4.78, 5) is 39.4. The number of benzene rings is 3. The van der Waals surface area contributed by atoms with Crippen LogP contribution in [0.1, 0.15) is 40.0 Å². The normalized spacial score (nSPS) is 11.8. The first-order valence-electron chi connectivity index (χ1n) is 12.5. The van der Waals surface area contributed by atoms with E-state index in [1.807, 2.05) is 0 Å². The molecule has 0 radical (unpaired) electrons. The van der Waals surface area contributed by atoms with Crippen LogP contribution >= 0.6 is 11.6 Å². The molecule has 11 heteroatoms. The number of hydrogen-bond acceptors (Lipinski definition) is 5. The van der Waals surface area contributed by atoms with Gasteiger partial charge in [-0.2, -0.15) is 18.4 Å². The van der Waals surface area contributed by atoms with Crippen LogP contribution in [0.2, 0.25) is 5.02 Å². The molecule has 0 aliphatic carbocycles. The molecule has 0 spiro atoms. The summed E-state index contributed by atoms with van der Waals surface area (Å²) in [5.41, 5.74) is -1.02. The molecule has 7 nitrogen and oxygen atoms in total. The Morgan fingerprint density at radius 3 is 2.38 bits per heavy atom. The van der Waals surface area contributed by atoms with E-state index in [9.17, 15) is 27.6 Å². The van der Waals surface area contributed by atoms with Crippen molar-refractivity contribution < 1.29 is 27.5 Å². The molecule has 0 saturated heterocycles. The number of aromatic nitrogens is 1. The monoisotopic (exact) mass is 593 g/mol. The first kappa shape index (κ1) is 30.1. The van der Waals surface area contributed by atoms with Gasteiger partial charge in [0.1, 0.15) is 11.8 Å². The maximum absolute atomic E-state index is 13.6. The van der Waals surface area contributed by atoms with Crippen LogP contribution in [0.4, 0.5) is 18.9 Å². The van der Waals surface area contributed by atoms with E-state index in [1.165, 1.54) is 50.6 Å². The predicted octanol–water partition coefficient (Wildman–Crippen LogP) is 6.69. The highest BCUT2D eigenvalue weighted by Gasteiger charge is 2.34. The van der Waals surface area contributed by atoms with Gasteiger partial charge in [0.05, 0.1) is 30.5 Å². The lowest BCUT2D eigenvalue weighted by Gasteiger charge is -2.22. The number of Topliss-reactive ketones (excluding diaryl/α,β-unsaturated/α-hetero) is 1. The molecular formula is C31H23ClF3N3O4. The first-order chi connectivity index (χ1) is 19.9. The molecule has 0 aliphatic rings. The number of alkyl halides is 3. The van der Waals surface area contributed by atoms with Crippen molar-refractivity contribution in [2.75, 3.05) is 12.4 Å². The van der Waals surface area contributed by atoms with Gasteiger partial charge in [0, 0.05) is 34.3 Å². The molecule has 0 bridgehead atoms. The van der Waals surface area contributed by atoms with Gasteiger partial charge >= 0.3 is 6.18 Å². The standard InChI is InChI=1S/C31H23ClF3N3O4/c1-18(39)23-11-9-21(32)13-24(23)25-15-29(40)38(17-28(25)42-2)27(12-19-6-4-3-5-7-19)30(41)37-22-10-8-20(16-36)26(14-22)31(33,34)35/h3-11,13-15,17,27H,12H2,1-2H3,(H,37,41). The van der Waals surface area contributed by atoms with Gasteiger partial charge in [-0.15, -0.1) is 0 Å². The number of halogens is 4. The van der Waals surface area contributed by atoms with Crippen molar-refractivity contribution in [2.24, 2.45) is 0 Å². The number of nitriles is 1. The lowest BCUT2D eigenvalue weighted by Crippen LogP contribution is -2.34. The van der Waals surface area contributed by atoms with Crippen LogP contribution < -0.4 is 15.6 Å². The highest BCUT2D eigenvalue weighted by molar-refractivity contribution is 6.31. The van der Waals surface area contributed by atoms with E-state index >= 15 is 0 Å². The van der Waals surface area contributed by atoms with Crippen LogP contribution in [0.5, 0.6) is 5.75 Å². The Balaban J connectivity index is 1.82. The van der Waals surface area contributed by atoms with E-state index < -0.39 is 34.8 Å². The van der Waals surface area contributed by atoms with Gasteiger partial charge in [-0.1, -0.05) is 41.9 Å². The second-order valence-electron chi connectivity index (χ2n) is 9.31. The fourth-order valence-corrected chi connectivity index (χ4v) is 4.70. The molecule has 214 valence electrons. The van der Waals surface area contributed by atoms with E-state index in [2.05, 4.69) is 5.32 Å². The zero-order valence-electron chi connectivity index (χ0n) is 22.3. The minimum atomic E-state index is -4.82. The fraction of sp³-hybridized carbons (Fsp3) is 0.161. The van der Waals surface area contributed by atoms with E-state index in [1.54, 1.807) is 36.4 Å². The number of rotatable bonds is 8. The third-order valence-corrected chi connectivity index (χ3v) is 6.77. The second-order valence-corrected chi connectivity index (χ2v) is 9.75. The molecule has 3 aromatic carbocycles. The first-order valence-corrected chi connectivity index (χ1v) is 12.9. The topological polar surface area (TPSA) is 101 Å². The molecule has 1 amide bonds. The molecule has 1 heterocycles. The van der Waals surface area contributed by atoms with Crippen LogP contribution in [-0.2, 0) is 17.4 Å². The number of nitrogens with one attached hydrogen (secondary N) is 1. The lowest BCUT2D eigenvalue weighted by atomic mass is 9.97. The van der Waals surface area contributed by atoms with Gasteiger partial charge in [-0.3, -0.25) is 19.0 Å². The van der Waals surface area contributed by atoms with Gasteiger partial charge in [-0.25, -0.2) is 0 Å². The largest absolute Gasteiger partial charge is 0.495 e. The van der Waals surface area contributed by atoms with Gasteiger partial charge in [0.2, 0.25) is 5.91 Å². The molecule has 42 heavy (non-hydrogen) atoms. The zero-order valence-corrected chi connectivity index (χ0v) is 23.1. The quantitative estimate of drug-likeness (QED) is 0.229. The van der Waals surface area contributed by atoms with Crippen LogP contribution in [0.3, 0.4) is 0 Å². The SMILES string of the molecule is COc1cn(C(Cc2ccccc2)C(=O)Nc2ccc(C#N)c(C(F)(F)F)c2)c(=O)cc1-c1cc(Cl)ccc1C(C)=O. The predicted molar refractivity (Wildman–Crippen MR) is 152 cm³/mol. The molecule has 4 rings (SSSR count). The second kappa shape index (κ2) is 12.3. The molecular weight excluding hydrogens is 571 g/mol. The van der Waals surface area contributed by atoms with E-state index in [4.69, 9.17) is 21.6 Å². The van der Waals surface area contributed by atoms with Crippen LogP contribution in [0.15, 0.2) is 83.8 Å². The minimum absolute atomic E-state index is 0.00729. The highest BCUT2D eigenvalue weighted by Crippen LogP contribution is 2.35. The van der Waals surface area contributed by atoms with E-state index in [-0.39, 0.29) is 29.2 Å². The zero-order chi connectivity index (χ0) is 30.6. The van der Waals surface area contributed by atoms with Crippen LogP contribution in [0.25, 0.3) is 11.1 Å². The van der Waals surface area contributed by atoms with Crippen molar-refractivity contribution >= 4 is 29.0 Å². The average Bonchev–Trinajstić information content (AvgIpc) is 2.95. The van der Waals surface area contributed by atoms with Gasteiger partial charge < -0.3 is 10.1 Å². The van der Waals surface area contributed by atoms with Crippen molar-refractivity contribution in [2.45, 2.75) is 25.6 Å². The number of ketones is 1. The van der Waals surface area contributed by atoms with E-state index in [0.717, 1.165) is 10.6 Å². The maximum atomic E-state index is 13.6. The molecule has 4 aromatic rings. The van der Waals surface area contributed by atoms with Crippen molar-refractivity contribution in [3.05, 3.63) is 117 Å². The molecule has 1 aromatic heterocycles. The minimum Gasteiger partial charge on any atom is -0.495 e. The van der Waals surface area contributed by atoms with Gasteiger partial charge in [0.25, 0.3) is 5.56 Å². The Morgan fingerprint density at radius 1 is 1.05 bits per heavy atom. The number of amides is 1. The molecule has 1 N–H and O–H groups in total. The summed E-state index contributed by atoms with van der Waals surface area (Å²) in [6.45, 7) is 1.37. The van der Waals surface area contributed by atoms with E-state index in [0.29, 0.717) is 27.8 Å². The Morgan fingerprint density at radius 2 is 1.76 bits per heavy atom. The number of methoxy groups -OCH3 is 1. The Bertz CT molecular complexity index is 1760. The van der Waals surface area contributed by atoms with Crippen LogP contribution in [0, 0.1) is 11.3 Å². The maximum Gasteiger partial charge on any atom is 0.417 e. The number of nitrogens with zero attached hydrogens (tertiary/aromatic N) is 2. The Labute approximate surface area is 243 Å². The van der Waals surface area contributed by atoms with Gasteiger partial charge in [-0.05, 0) is 54.4 Å². The summed E-state index contributed by atoms with van der Waals surface area (Å²) >= 11 is 6.18. The summed E-state index contributed by atoms with van der Waals surface area (Å²) in [6.07, 6.45) is -3.50. The Hall–Kier alpha value is -4.88. The van der Waals surface area contributed by atoms with Crippen molar-refractivity contribution in [3.8, 4) is 22.9 Å². The summed E-state index contributed by atoms with van der Waals surface area (Å²) in [5.74, 6) is -0.890. The lowest BCUT2D eigenvalue weighted by molar-refractivity contribution is -0.137. The number of anilines is 1. The number of ether oxygens (including phenoxy) is 1. The molecule has 0 saturated carbocycles. The third kappa shape index (κ3) is 6.53. The Kier molecular flexibility index (Phi) is 8.83. The summed E-state index contributed by atoms with van der Waals surface area (Å²) in [5, 5.41) is 11.9. The molecule has 1 unspecified atom stereocenters. The molecule has 1 atom stereocenters. The number of pyridine rings is 1.